The van der Waals surface area contributed by atoms with Gasteiger partial charge in [0.2, 0.25) is 0 Å². The molecule has 2 N–H and O–H groups in total. The van der Waals surface area contributed by atoms with Gasteiger partial charge in [-0.2, -0.15) is 0 Å². The van der Waals surface area contributed by atoms with E-state index < -0.39 is 0 Å². The summed E-state index contributed by atoms with van der Waals surface area (Å²) < 4.78 is 2.10. The van der Waals surface area contributed by atoms with Crippen LogP contribution in [0, 0.1) is 17.8 Å². The van der Waals surface area contributed by atoms with Crippen LogP contribution in [0.2, 0.25) is 0 Å². The smallest absolute Gasteiger partial charge is 0.168 e. The van der Waals surface area contributed by atoms with Crippen LogP contribution in [0.3, 0.4) is 0 Å². The Balaban J connectivity index is 1.77. The Labute approximate surface area is 107 Å². The van der Waals surface area contributed by atoms with E-state index in [1.165, 1.54) is 38.5 Å². The number of nitrogens with zero attached hydrogens (tertiary/aromatic N) is 4. The molecule has 1 unspecified atom stereocenters. The van der Waals surface area contributed by atoms with Gasteiger partial charge in [0.05, 0.1) is 11.6 Å². The van der Waals surface area contributed by atoms with Crippen molar-refractivity contribution in [2.24, 2.45) is 23.5 Å². The van der Waals surface area contributed by atoms with Gasteiger partial charge in [-0.15, -0.1) is 5.10 Å². The van der Waals surface area contributed by atoms with Gasteiger partial charge in [0.1, 0.15) is 0 Å². The molecule has 5 rings (SSSR count). The average molecular weight is 247 g/mol. The molecule has 1 aromatic heterocycles. The molecule has 4 bridgehead atoms. The largest absolute Gasteiger partial charge is 0.322 e. The van der Waals surface area contributed by atoms with Gasteiger partial charge >= 0.3 is 0 Å². The number of tetrazole rings is 1. The normalized spacial score (nSPS) is 43.3. The van der Waals surface area contributed by atoms with Crippen molar-refractivity contribution in [1.29, 1.82) is 0 Å². The first-order valence-electron chi connectivity index (χ1n) is 7.21. The molecule has 4 fully saturated rings. The van der Waals surface area contributed by atoms with Crippen molar-refractivity contribution in [2.45, 2.75) is 57.0 Å². The van der Waals surface area contributed by atoms with Crippen LogP contribution in [0.25, 0.3) is 0 Å². The highest BCUT2D eigenvalue weighted by Crippen LogP contribution is 2.58. The second-order valence-electron chi connectivity index (χ2n) is 6.88. The molecule has 98 valence electrons. The molecule has 0 saturated heterocycles. The second kappa shape index (κ2) is 3.53. The third-order valence-corrected chi connectivity index (χ3v) is 5.36. The predicted octanol–water partition coefficient (Wildman–Crippen LogP) is 1.62. The van der Waals surface area contributed by atoms with Crippen LogP contribution in [-0.2, 0) is 5.54 Å². The van der Waals surface area contributed by atoms with E-state index in [1.807, 2.05) is 6.92 Å². The molecule has 0 amide bonds. The maximum Gasteiger partial charge on any atom is 0.168 e. The van der Waals surface area contributed by atoms with Gasteiger partial charge in [0, 0.05) is 0 Å². The van der Waals surface area contributed by atoms with E-state index in [0.29, 0.717) is 0 Å². The van der Waals surface area contributed by atoms with E-state index in [-0.39, 0.29) is 11.6 Å². The fourth-order valence-corrected chi connectivity index (χ4v) is 5.14. The van der Waals surface area contributed by atoms with Crippen molar-refractivity contribution in [3.05, 3.63) is 5.82 Å². The second-order valence-corrected chi connectivity index (χ2v) is 6.88. The summed E-state index contributed by atoms with van der Waals surface area (Å²) in [4.78, 5) is 0. The lowest BCUT2D eigenvalue weighted by Gasteiger charge is -2.56. The van der Waals surface area contributed by atoms with Crippen LogP contribution < -0.4 is 5.73 Å². The summed E-state index contributed by atoms with van der Waals surface area (Å²) in [5, 5.41) is 12.3. The summed E-state index contributed by atoms with van der Waals surface area (Å²) >= 11 is 0. The quantitative estimate of drug-likeness (QED) is 0.862. The minimum absolute atomic E-state index is 0.0759. The van der Waals surface area contributed by atoms with Crippen LogP contribution in [0.5, 0.6) is 0 Å². The Bertz CT molecular complexity index is 428. The molecule has 4 aliphatic rings. The molecule has 4 aliphatic carbocycles. The van der Waals surface area contributed by atoms with Gasteiger partial charge in [0.25, 0.3) is 0 Å². The van der Waals surface area contributed by atoms with Crippen molar-refractivity contribution >= 4 is 0 Å². The fourth-order valence-electron chi connectivity index (χ4n) is 5.14. The van der Waals surface area contributed by atoms with Crippen molar-refractivity contribution in [3.8, 4) is 0 Å². The van der Waals surface area contributed by atoms with E-state index in [2.05, 4.69) is 20.2 Å². The Morgan fingerprint density at radius 1 is 1.17 bits per heavy atom. The fraction of sp³-hybridized carbons (Fsp3) is 0.923. The summed E-state index contributed by atoms with van der Waals surface area (Å²) in [6.07, 6.45) is 8.12. The average Bonchev–Trinajstić information content (AvgIpc) is 2.76. The SMILES string of the molecule is CC(N)c1nnnn1C12CC3CC(CC(C3)C1)C2. The Morgan fingerprint density at radius 3 is 2.22 bits per heavy atom. The molecular formula is C13H21N5. The summed E-state index contributed by atoms with van der Waals surface area (Å²) in [5.41, 5.74) is 6.21. The van der Waals surface area contributed by atoms with Gasteiger partial charge < -0.3 is 5.73 Å². The maximum absolute atomic E-state index is 6.01. The molecule has 5 heteroatoms. The standard InChI is InChI=1S/C13H21N5/c1-8(14)12-15-16-17-18(12)13-5-9-2-10(6-13)4-11(3-9)7-13/h8-11H,2-7,14H2,1H3. The Morgan fingerprint density at radius 2 is 1.72 bits per heavy atom. The molecule has 0 aliphatic heterocycles. The first kappa shape index (κ1) is 10.9. The Kier molecular flexibility index (Phi) is 2.14. The van der Waals surface area contributed by atoms with Gasteiger partial charge in [0.15, 0.2) is 5.82 Å². The highest BCUT2D eigenvalue weighted by atomic mass is 15.6. The topological polar surface area (TPSA) is 69.6 Å². The van der Waals surface area contributed by atoms with Crippen LogP contribution in [0.4, 0.5) is 0 Å². The number of aromatic nitrogens is 4. The van der Waals surface area contributed by atoms with Crippen molar-refractivity contribution < 1.29 is 0 Å². The number of hydrogen-bond donors (Lipinski definition) is 1. The molecular weight excluding hydrogens is 226 g/mol. The molecule has 0 aromatic carbocycles. The van der Waals surface area contributed by atoms with E-state index >= 15 is 0 Å². The first-order valence-corrected chi connectivity index (χ1v) is 7.21. The molecule has 1 heterocycles. The predicted molar refractivity (Wildman–Crippen MR) is 66.6 cm³/mol. The van der Waals surface area contributed by atoms with Crippen molar-refractivity contribution in [2.75, 3.05) is 0 Å². The zero-order valence-corrected chi connectivity index (χ0v) is 10.9. The van der Waals surface area contributed by atoms with Crippen LogP contribution in [0.15, 0.2) is 0 Å². The van der Waals surface area contributed by atoms with Gasteiger partial charge in [-0.3, -0.25) is 0 Å². The number of rotatable bonds is 2. The molecule has 18 heavy (non-hydrogen) atoms. The van der Waals surface area contributed by atoms with Crippen LogP contribution in [0.1, 0.15) is 57.3 Å². The van der Waals surface area contributed by atoms with E-state index in [4.69, 9.17) is 5.73 Å². The maximum atomic E-state index is 6.01. The molecule has 0 radical (unpaired) electrons. The van der Waals surface area contributed by atoms with E-state index in [9.17, 15) is 0 Å². The molecule has 0 spiro atoms. The number of nitrogens with two attached hydrogens (primary N) is 1. The highest BCUT2D eigenvalue weighted by Gasteiger charge is 2.53. The first-order chi connectivity index (χ1) is 8.66. The van der Waals surface area contributed by atoms with E-state index in [1.54, 1.807) is 0 Å². The minimum atomic E-state index is -0.0759. The lowest BCUT2D eigenvalue weighted by Crippen LogP contribution is -2.53. The van der Waals surface area contributed by atoms with E-state index in [0.717, 1.165) is 23.6 Å². The summed E-state index contributed by atoms with van der Waals surface area (Å²) in [6, 6.07) is -0.0759. The van der Waals surface area contributed by atoms with Crippen LogP contribution in [-0.4, -0.2) is 20.2 Å². The lowest BCUT2D eigenvalue weighted by atomic mass is 9.53. The summed E-state index contributed by atoms with van der Waals surface area (Å²) in [5.74, 6) is 3.58. The Hall–Kier alpha value is -0.970. The molecule has 5 nitrogen and oxygen atoms in total. The third kappa shape index (κ3) is 1.40. The van der Waals surface area contributed by atoms with Gasteiger partial charge in [-0.25, -0.2) is 4.68 Å². The molecule has 4 saturated carbocycles. The zero-order chi connectivity index (χ0) is 12.3. The summed E-state index contributed by atoms with van der Waals surface area (Å²) in [7, 11) is 0. The lowest BCUT2D eigenvalue weighted by molar-refractivity contribution is -0.0520. The highest BCUT2D eigenvalue weighted by molar-refractivity contribution is 5.07. The monoisotopic (exact) mass is 247 g/mol. The van der Waals surface area contributed by atoms with Crippen LogP contribution >= 0.6 is 0 Å². The van der Waals surface area contributed by atoms with Crippen molar-refractivity contribution in [1.82, 2.24) is 20.2 Å². The van der Waals surface area contributed by atoms with Gasteiger partial charge in [-0.05, 0) is 73.6 Å². The van der Waals surface area contributed by atoms with Crippen molar-refractivity contribution in [3.63, 3.8) is 0 Å². The zero-order valence-electron chi connectivity index (χ0n) is 10.9. The molecule has 1 atom stereocenters. The number of hydrogen-bond acceptors (Lipinski definition) is 4. The van der Waals surface area contributed by atoms with Gasteiger partial charge in [-0.1, -0.05) is 0 Å². The third-order valence-electron chi connectivity index (χ3n) is 5.36. The summed E-state index contributed by atoms with van der Waals surface area (Å²) in [6.45, 7) is 1.97. The minimum Gasteiger partial charge on any atom is -0.322 e. The molecule has 1 aromatic rings.